The minimum absolute atomic E-state index is 0.0598. The van der Waals surface area contributed by atoms with Gasteiger partial charge in [0.25, 0.3) is 0 Å². The van der Waals surface area contributed by atoms with Crippen LogP contribution in [0.25, 0.3) is 11.1 Å². The van der Waals surface area contributed by atoms with Gasteiger partial charge in [-0.3, -0.25) is 0 Å². The van der Waals surface area contributed by atoms with Crippen LogP contribution < -0.4 is 4.74 Å². The SMILES string of the molecule is C[C@H]1CN(S(=O)(=O)c2cccc(C(=O)Oc3ccccc3-c3ccccc3)c2)C[C@H](C)O1. The molecule has 0 saturated carbocycles. The molecule has 3 aromatic carbocycles. The zero-order valence-electron chi connectivity index (χ0n) is 18.0. The van der Waals surface area contributed by atoms with Crippen LogP contribution in [0.4, 0.5) is 0 Å². The van der Waals surface area contributed by atoms with E-state index in [2.05, 4.69) is 0 Å². The maximum atomic E-state index is 13.2. The topological polar surface area (TPSA) is 72.9 Å². The largest absolute Gasteiger partial charge is 0.422 e. The van der Waals surface area contributed by atoms with Crippen molar-refractivity contribution in [3.63, 3.8) is 0 Å². The quantitative estimate of drug-likeness (QED) is 0.425. The summed E-state index contributed by atoms with van der Waals surface area (Å²) in [7, 11) is -3.76. The fraction of sp³-hybridized carbons (Fsp3) is 0.240. The molecule has 1 aliphatic heterocycles. The number of hydrogen-bond donors (Lipinski definition) is 0. The number of carbonyl (C=O) groups excluding carboxylic acids is 1. The molecule has 7 heteroatoms. The van der Waals surface area contributed by atoms with Crippen LogP contribution in [-0.2, 0) is 14.8 Å². The Hall–Kier alpha value is -3.00. The van der Waals surface area contributed by atoms with Crippen LogP contribution in [0, 0.1) is 0 Å². The Morgan fingerprint density at radius 2 is 1.56 bits per heavy atom. The highest BCUT2D eigenvalue weighted by atomic mass is 32.2. The normalized spacial score (nSPS) is 19.4. The third-order valence-corrected chi connectivity index (χ3v) is 7.10. The summed E-state index contributed by atoms with van der Waals surface area (Å²) in [6.07, 6.45) is -0.396. The van der Waals surface area contributed by atoms with Gasteiger partial charge in [-0.25, -0.2) is 13.2 Å². The van der Waals surface area contributed by atoms with Crippen molar-refractivity contribution in [3.8, 4) is 16.9 Å². The highest BCUT2D eigenvalue weighted by molar-refractivity contribution is 7.89. The first kappa shape index (κ1) is 22.2. The maximum absolute atomic E-state index is 13.2. The molecule has 32 heavy (non-hydrogen) atoms. The first-order chi connectivity index (χ1) is 15.3. The van der Waals surface area contributed by atoms with Gasteiger partial charge in [-0.2, -0.15) is 4.31 Å². The van der Waals surface area contributed by atoms with E-state index in [4.69, 9.17) is 9.47 Å². The monoisotopic (exact) mass is 451 g/mol. The van der Waals surface area contributed by atoms with Crippen LogP contribution in [0.3, 0.4) is 0 Å². The Kier molecular flexibility index (Phi) is 6.41. The predicted octanol–water partition coefficient (Wildman–Crippen LogP) is 4.37. The van der Waals surface area contributed by atoms with Crippen molar-refractivity contribution in [1.29, 1.82) is 0 Å². The summed E-state index contributed by atoms with van der Waals surface area (Å²) in [4.78, 5) is 13.0. The van der Waals surface area contributed by atoms with Crippen molar-refractivity contribution in [2.45, 2.75) is 31.0 Å². The molecule has 1 saturated heterocycles. The first-order valence-corrected chi connectivity index (χ1v) is 11.9. The molecule has 2 atom stereocenters. The van der Waals surface area contributed by atoms with Gasteiger partial charge in [-0.1, -0.05) is 54.6 Å². The Morgan fingerprint density at radius 1 is 0.906 bits per heavy atom. The van der Waals surface area contributed by atoms with Crippen LogP contribution in [0.5, 0.6) is 5.75 Å². The number of ether oxygens (including phenoxy) is 2. The number of esters is 1. The highest BCUT2D eigenvalue weighted by Crippen LogP contribution is 2.30. The van der Waals surface area contributed by atoms with E-state index in [-0.39, 0.29) is 35.8 Å². The lowest BCUT2D eigenvalue weighted by molar-refractivity contribution is -0.0440. The molecular weight excluding hydrogens is 426 g/mol. The van der Waals surface area contributed by atoms with Crippen LogP contribution in [0.2, 0.25) is 0 Å². The fourth-order valence-corrected chi connectivity index (χ4v) is 5.47. The van der Waals surface area contributed by atoms with E-state index >= 15 is 0 Å². The van der Waals surface area contributed by atoms with Crippen LogP contribution >= 0.6 is 0 Å². The number of sulfonamides is 1. The molecule has 0 spiro atoms. The second-order valence-corrected chi connectivity index (χ2v) is 9.80. The number of benzene rings is 3. The van der Waals surface area contributed by atoms with Gasteiger partial charge >= 0.3 is 5.97 Å². The number of nitrogens with zero attached hydrogens (tertiary/aromatic N) is 1. The van der Waals surface area contributed by atoms with E-state index in [1.54, 1.807) is 24.3 Å². The standard InChI is InChI=1S/C25H25NO5S/c1-18-16-26(17-19(2)30-18)32(28,29)22-12-8-11-21(15-22)25(27)31-24-14-7-6-13-23(24)20-9-4-3-5-10-20/h3-15,18-19H,16-17H2,1-2H3/t18-,19-/m0/s1. The van der Waals surface area contributed by atoms with E-state index < -0.39 is 16.0 Å². The van der Waals surface area contributed by atoms with Crippen molar-refractivity contribution in [1.82, 2.24) is 4.31 Å². The minimum Gasteiger partial charge on any atom is -0.422 e. The van der Waals surface area contributed by atoms with E-state index in [0.29, 0.717) is 5.75 Å². The van der Waals surface area contributed by atoms with Gasteiger partial charge in [0, 0.05) is 18.7 Å². The van der Waals surface area contributed by atoms with Gasteiger partial charge in [0.15, 0.2) is 0 Å². The lowest BCUT2D eigenvalue weighted by Crippen LogP contribution is -2.48. The summed E-state index contributed by atoms with van der Waals surface area (Å²) in [5, 5.41) is 0. The fourth-order valence-electron chi connectivity index (χ4n) is 3.83. The van der Waals surface area contributed by atoms with Gasteiger partial charge in [0.05, 0.1) is 22.7 Å². The summed E-state index contributed by atoms with van der Waals surface area (Å²) in [5.74, 6) is -0.207. The molecule has 1 heterocycles. The van der Waals surface area contributed by atoms with E-state index in [1.807, 2.05) is 56.3 Å². The van der Waals surface area contributed by atoms with Crippen molar-refractivity contribution in [2.75, 3.05) is 13.1 Å². The second kappa shape index (κ2) is 9.24. The molecule has 4 rings (SSSR count). The molecule has 3 aromatic rings. The third kappa shape index (κ3) is 4.75. The number of para-hydroxylation sites is 1. The summed E-state index contributed by atoms with van der Waals surface area (Å²) in [5.41, 5.74) is 1.87. The van der Waals surface area contributed by atoms with Crippen LogP contribution in [0.15, 0.2) is 83.8 Å². The molecule has 6 nitrogen and oxygen atoms in total. The molecule has 0 N–H and O–H groups in total. The van der Waals surface area contributed by atoms with Crippen molar-refractivity contribution in [2.24, 2.45) is 0 Å². The number of hydrogen-bond acceptors (Lipinski definition) is 5. The van der Waals surface area contributed by atoms with Gasteiger partial charge in [-0.05, 0) is 43.7 Å². The Morgan fingerprint density at radius 3 is 2.28 bits per heavy atom. The molecule has 166 valence electrons. The molecule has 0 bridgehead atoms. The highest BCUT2D eigenvalue weighted by Gasteiger charge is 2.32. The van der Waals surface area contributed by atoms with Crippen molar-refractivity contribution >= 4 is 16.0 Å². The molecular formula is C25H25NO5S. The average Bonchev–Trinajstić information content (AvgIpc) is 2.79. The molecule has 1 aliphatic rings. The smallest absolute Gasteiger partial charge is 0.343 e. The molecule has 0 aromatic heterocycles. The summed E-state index contributed by atoms with van der Waals surface area (Å²) in [6.45, 7) is 4.23. The third-order valence-electron chi connectivity index (χ3n) is 5.27. The number of carbonyl (C=O) groups is 1. The molecule has 0 radical (unpaired) electrons. The maximum Gasteiger partial charge on any atom is 0.343 e. The first-order valence-electron chi connectivity index (χ1n) is 10.5. The number of rotatable bonds is 5. The Balaban J connectivity index is 1.59. The zero-order valence-corrected chi connectivity index (χ0v) is 18.8. The lowest BCUT2D eigenvalue weighted by Gasteiger charge is -2.34. The van der Waals surface area contributed by atoms with Crippen molar-refractivity contribution in [3.05, 3.63) is 84.4 Å². The second-order valence-electron chi connectivity index (χ2n) is 7.86. The Labute approximate surface area is 188 Å². The summed E-state index contributed by atoms with van der Waals surface area (Å²) >= 11 is 0. The van der Waals surface area contributed by atoms with Crippen molar-refractivity contribution < 1.29 is 22.7 Å². The van der Waals surface area contributed by atoms with Gasteiger partial charge < -0.3 is 9.47 Å². The summed E-state index contributed by atoms with van der Waals surface area (Å²) in [6, 6.07) is 22.8. The van der Waals surface area contributed by atoms with E-state index in [9.17, 15) is 13.2 Å². The van der Waals surface area contributed by atoms with Gasteiger partial charge in [0.1, 0.15) is 5.75 Å². The lowest BCUT2D eigenvalue weighted by atomic mass is 10.0. The molecule has 0 aliphatic carbocycles. The zero-order chi connectivity index (χ0) is 22.7. The minimum atomic E-state index is -3.76. The van der Waals surface area contributed by atoms with Crippen LogP contribution in [-0.4, -0.2) is 44.0 Å². The van der Waals surface area contributed by atoms with Gasteiger partial charge in [-0.15, -0.1) is 0 Å². The molecule has 0 amide bonds. The van der Waals surface area contributed by atoms with E-state index in [1.165, 1.54) is 16.4 Å². The average molecular weight is 452 g/mol. The molecule has 1 fully saturated rings. The number of morpholine rings is 1. The predicted molar refractivity (Wildman–Crippen MR) is 122 cm³/mol. The van der Waals surface area contributed by atoms with E-state index in [0.717, 1.165) is 11.1 Å². The Bertz CT molecular complexity index is 1200. The molecule has 0 unspecified atom stereocenters. The van der Waals surface area contributed by atoms with Gasteiger partial charge in [0.2, 0.25) is 10.0 Å². The van der Waals surface area contributed by atoms with Crippen LogP contribution in [0.1, 0.15) is 24.2 Å². The summed E-state index contributed by atoms with van der Waals surface area (Å²) < 4.78 is 39.1.